The quantitative estimate of drug-likeness (QED) is 0.628. The van der Waals surface area contributed by atoms with Gasteiger partial charge in [-0.05, 0) is 41.9 Å². The van der Waals surface area contributed by atoms with Crippen LogP contribution in [0.2, 0.25) is 0 Å². The zero-order chi connectivity index (χ0) is 17.5. The Morgan fingerprint density at radius 2 is 1.32 bits per heavy atom. The molecule has 0 heterocycles. The Labute approximate surface area is 154 Å². The molecule has 3 aromatic carbocycles. The van der Waals surface area contributed by atoms with Crippen LogP contribution >= 0.6 is 12.2 Å². The van der Waals surface area contributed by atoms with Gasteiger partial charge in [0.2, 0.25) is 0 Å². The number of hydrogen-bond acceptors (Lipinski definition) is 1. The lowest BCUT2D eigenvalue weighted by Gasteiger charge is -2.20. The summed E-state index contributed by atoms with van der Waals surface area (Å²) in [5, 5.41) is 7.31. The molecule has 0 fully saturated rings. The van der Waals surface area contributed by atoms with Crippen LogP contribution in [-0.2, 0) is 0 Å². The molecule has 2 nitrogen and oxygen atoms in total. The van der Waals surface area contributed by atoms with Crippen molar-refractivity contribution in [3.05, 3.63) is 102 Å². The highest BCUT2D eigenvalue weighted by Gasteiger charge is 2.14. The fourth-order valence-electron chi connectivity index (χ4n) is 2.87. The van der Waals surface area contributed by atoms with Crippen molar-refractivity contribution >= 4 is 23.0 Å². The van der Waals surface area contributed by atoms with Gasteiger partial charge in [0.25, 0.3) is 0 Å². The van der Waals surface area contributed by atoms with Gasteiger partial charge in [-0.15, -0.1) is 0 Å². The van der Waals surface area contributed by atoms with E-state index >= 15 is 0 Å². The topological polar surface area (TPSA) is 24.1 Å². The molecule has 3 aromatic rings. The van der Waals surface area contributed by atoms with Gasteiger partial charge in [-0.3, -0.25) is 0 Å². The van der Waals surface area contributed by atoms with E-state index in [0.717, 1.165) is 12.2 Å². The van der Waals surface area contributed by atoms with Gasteiger partial charge in [0.05, 0.1) is 0 Å². The summed E-state index contributed by atoms with van der Waals surface area (Å²) in [6.45, 7) is 2.81. The number of rotatable bonds is 5. The van der Waals surface area contributed by atoms with Crippen molar-refractivity contribution in [1.29, 1.82) is 0 Å². The summed E-state index contributed by atoms with van der Waals surface area (Å²) < 4.78 is 0. The Balaban J connectivity index is 1.71. The molecule has 0 aliphatic rings. The second-order valence-corrected chi connectivity index (χ2v) is 6.43. The second kappa shape index (κ2) is 8.45. The van der Waals surface area contributed by atoms with Gasteiger partial charge in [0.1, 0.15) is 0 Å². The van der Waals surface area contributed by atoms with Gasteiger partial charge in [-0.2, -0.15) is 0 Å². The van der Waals surface area contributed by atoms with Crippen molar-refractivity contribution < 1.29 is 0 Å². The number of anilines is 1. The fraction of sp³-hybridized carbons (Fsp3) is 0.136. The molecule has 0 bridgehead atoms. The van der Waals surface area contributed by atoms with E-state index in [2.05, 4.69) is 72.2 Å². The molecular weight excluding hydrogens is 324 g/mol. The number of para-hydroxylation sites is 1. The largest absolute Gasteiger partial charge is 0.361 e. The number of nitrogens with one attached hydrogen (secondary N) is 2. The molecule has 126 valence electrons. The lowest BCUT2D eigenvalue weighted by molar-refractivity contribution is 0.761. The summed E-state index contributed by atoms with van der Waals surface area (Å²) in [6, 6.07) is 29.2. The highest BCUT2D eigenvalue weighted by molar-refractivity contribution is 7.80. The van der Waals surface area contributed by atoms with E-state index in [1.54, 1.807) is 0 Å². The Hall–Kier alpha value is -2.65. The summed E-state index contributed by atoms with van der Waals surface area (Å²) in [5.41, 5.74) is 4.77. The maximum absolute atomic E-state index is 5.49. The number of hydrogen-bond donors (Lipinski definition) is 2. The van der Waals surface area contributed by atoms with Crippen LogP contribution in [0.3, 0.4) is 0 Å². The van der Waals surface area contributed by atoms with E-state index in [9.17, 15) is 0 Å². The lowest BCUT2D eigenvalue weighted by Crippen LogP contribution is -2.32. The van der Waals surface area contributed by atoms with Gasteiger partial charge in [0, 0.05) is 18.2 Å². The predicted molar refractivity (Wildman–Crippen MR) is 110 cm³/mol. The van der Waals surface area contributed by atoms with Crippen LogP contribution in [0.15, 0.2) is 84.9 Å². The SMILES string of the molecule is Cc1ccccc1NC(=S)NCC(c1ccccc1)c1ccccc1. The standard InChI is InChI=1S/C22H22N2S/c1-17-10-8-9-15-21(17)24-22(25)23-16-20(18-11-4-2-5-12-18)19-13-6-3-7-14-19/h2-15,20H,16H2,1H3,(H2,23,24,25). The van der Waals surface area contributed by atoms with Gasteiger partial charge in [0.15, 0.2) is 5.11 Å². The average molecular weight is 346 g/mol. The zero-order valence-corrected chi connectivity index (χ0v) is 15.1. The third kappa shape index (κ3) is 4.68. The smallest absolute Gasteiger partial charge is 0.170 e. The monoisotopic (exact) mass is 346 g/mol. The molecule has 0 atom stereocenters. The Morgan fingerprint density at radius 3 is 1.88 bits per heavy atom. The molecule has 3 rings (SSSR count). The number of benzene rings is 3. The summed E-state index contributed by atoms with van der Waals surface area (Å²) in [4.78, 5) is 0. The van der Waals surface area contributed by atoms with E-state index in [4.69, 9.17) is 12.2 Å². The third-order valence-electron chi connectivity index (χ3n) is 4.26. The van der Waals surface area contributed by atoms with Crippen LogP contribution in [0.1, 0.15) is 22.6 Å². The predicted octanol–water partition coefficient (Wildman–Crippen LogP) is 5.11. The third-order valence-corrected chi connectivity index (χ3v) is 4.51. The van der Waals surface area contributed by atoms with E-state index < -0.39 is 0 Å². The zero-order valence-electron chi connectivity index (χ0n) is 14.3. The molecule has 3 heteroatoms. The Morgan fingerprint density at radius 1 is 0.800 bits per heavy atom. The minimum atomic E-state index is 0.249. The van der Waals surface area contributed by atoms with Crippen molar-refractivity contribution in [2.24, 2.45) is 0 Å². The number of thiocarbonyl (C=S) groups is 1. The van der Waals surface area contributed by atoms with Crippen LogP contribution in [0.25, 0.3) is 0 Å². The molecule has 0 unspecified atom stereocenters. The maximum atomic E-state index is 5.49. The lowest BCUT2D eigenvalue weighted by atomic mass is 9.91. The van der Waals surface area contributed by atoms with Gasteiger partial charge < -0.3 is 10.6 Å². The highest BCUT2D eigenvalue weighted by atomic mass is 32.1. The molecular formula is C22H22N2S. The maximum Gasteiger partial charge on any atom is 0.170 e. The van der Waals surface area contributed by atoms with Crippen molar-refractivity contribution in [2.45, 2.75) is 12.8 Å². The summed E-state index contributed by atoms with van der Waals surface area (Å²) in [7, 11) is 0. The van der Waals surface area contributed by atoms with Gasteiger partial charge in [-0.1, -0.05) is 78.9 Å². The first-order valence-electron chi connectivity index (χ1n) is 8.44. The van der Waals surface area contributed by atoms with E-state index in [1.807, 2.05) is 30.3 Å². The first-order valence-corrected chi connectivity index (χ1v) is 8.85. The van der Waals surface area contributed by atoms with Crippen LogP contribution < -0.4 is 10.6 Å². The molecule has 0 aromatic heterocycles. The minimum Gasteiger partial charge on any atom is -0.361 e. The van der Waals surface area contributed by atoms with Crippen molar-refractivity contribution in [3.63, 3.8) is 0 Å². The molecule has 0 saturated heterocycles. The van der Waals surface area contributed by atoms with E-state index in [-0.39, 0.29) is 5.92 Å². The first-order chi connectivity index (χ1) is 12.2. The van der Waals surface area contributed by atoms with E-state index in [0.29, 0.717) is 5.11 Å². The van der Waals surface area contributed by atoms with Gasteiger partial charge >= 0.3 is 0 Å². The van der Waals surface area contributed by atoms with Crippen LogP contribution in [0.5, 0.6) is 0 Å². The van der Waals surface area contributed by atoms with Crippen LogP contribution in [0.4, 0.5) is 5.69 Å². The molecule has 25 heavy (non-hydrogen) atoms. The molecule has 0 saturated carbocycles. The van der Waals surface area contributed by atoms with Crippen LogP contribution in [0, 0.1) is 6.92 Å². The Kier molecular flexibility index (Phi) is 5.81. The summed E-state index contributed by atoms with van der Waals surface area (Å²) in [6.07, 6.45) is 0. The average Bonchev–Trinajstić information content (AvgIpc) is 2.66. The first kappa shape index (κ1) is 17.2. The molecule has 2 N–H and O–H groups in total. The molecule has 0 aliphatic heterocycles. The van der Waals surface area contributed by atoms with Crippen molar-refractivity contribution in [3.8, 4) is 0 Å². The van der Waals surface area contributed by atoms with Crippen molar-refractivity contribution in [1.82, 2.24) is 5.32 Å². The van der Waals surface area contributed by atoms with Crippen molar-refractivity contribution in [2.75, 3.05) is 11.9 Å². The molecule has 0 spiro atoms. The van der Waals surface area contributed by atoms with E-state index in [1.165, 1.54) is 16.7 Å². The summed E-state index contributed by atoms with van der Waals surface area (Å²) >= 11 is 5.49. The molecule has 0 amide bonds. The fourth-order valence-corrected chi connectivity index (χ4v) is 3.07. The Bertz CT molecular complexity index is 776. The minimum absolute atomic E-state index is 0.249. The number of aryl methyl sites for hydroxylation is 1. The molecule has 0 aliphatic carbocycles. The normalized spacial score (nSPS) is 10.5. The summed E-state index contributed by atoms with van der Waals surface area (Å²) in [5.74, 6) is 0.249. The molecule has 0 radical (unpaired) electrons. The van der Waals surface area contributed by atoms with Crippen LogP contribution in [-0.4, -0.2) is 11.7 Å². The van der Waals surface area contributed by atoms with Gasteiger partial charge in [-0.25, -0.2) is 0 Å². The second-order valence-electron chi connectivity index (χ2n) is 6.02. The highest BCUT2D eigenvalue weighted by Crippen LogP contribution is 2.23.